The Bertz CT molecular complexity index is 964. The van der Waals surface area contributed by atoms with Gasteiger partial charge in [-0.15, -0.1) is 35.9 Å². The summed E-state index contributed by atoms with van der Waals surface area (Å²) < 4.78 is 1.12. The third kappa shape index (κ3) is 6.77. The largest absolute Gasteiger partial charge is 0.308 e. The van der Waals surface area contributed by atoms with Crippen LogP contribution in [0.5, 0.6) is 0 Å². The molecule has 0 saturated heterocycles. The van der Waals surface area contributed by atoms with Crippen molar-refractivity contribution in [2.75, 3.05) is 44.1 Å². The molecule has 0 N–H and O–H groups in total. The molecular formula is C21H25Cl2N3OS3. The van der Waals surface area contributed by atoms with E-state index < -0.39 is 0 Å². The number of hydrogen-bond donors (Lipinski definition) is 0. The van der Waals surface area contributed by atoms with Crippen molar-refractivity contribution in [1.29, 1.82) is 0 Å². The van der Waals surface area contributed by atoms with Gasteiger partial charge in [0, 0.05) is 40.1 Å². The average molecular weight is 503 g/mol. The van der Waals surface area contributed by atoms with Crippen molar-refractivity contribution in [2.24, 2.45) is 0 Å². The molecule has 0 aliphatic heterocycles. The molecule has 3 aromatic rings. The molecule has 0 aliphatic rings. The summed E-state index contributed by atoms with van der Waals surface area (Å²) in [4.78, 5) is 24.1. The van der Waals surface area contributed by atoms with Crippen LogP contribution in [0.3, 0.4) is 0 Å². The summed E-state index contributed by atoms with van der Waals surface area (Å²) in [6.07, 6.45) is 2.52. The van der Waals surface area contributed by atoms with Gasteiger partial charge in [-0.05, 0) is 56.7 Å². The van der Waals surface area contributed by atoms with Crippen LogP contribution >= 0.6 is 58.9 Å². The van der Waals surface area contributed by atoms with Gasteiger partial charge in [0.25, 0.3) is 0 Å². The van der Waals surface area contributed by atoms with Crippen molar-refractivity contribution in [3.8, 4) is 0 Å². The van der Waals surface area contributed by atoms with Gasteiger partial charge in [-0.25, -0.2) is 4.98 Å². The van der Waals surface area contributed by atoms with Crippen LogP contribution in [0.2, 0.25) is 5.02 Å². The van der Waals surface area contributed by atoms with E-state index >= 15 is 0 Å². The highest BCUT2D eigenvalue weighted by Gasteiger charge is 2.20. The molecule has 30 heavy (non-hydrogen) atoms. The minimum absolute atomic E-state index is 0. The fraction of sp³-hybridized carbons (Fsp3) is 0.333. The van der Waals surface area contributed by atoms with Gasteiger partial charge in [0.05, 0.1) is 10.2 Å². The Morgan fingerprint density at radius 2 is 1.87 bits per heavy atom. The number of halogens is 2. The van der Waals surface area contributed by atoms with Gasteiger partial charge in [0.15, 0.2) is 5.13 Å². The first kappa shape index (κ1) is 25.3. The molecule has 4 nitrogen and oxygen atoms in total. The minimum atomic E-state index is 0. The fourth-order valence-corrected chi connectivity index (χ4v) is 5.37. The van der Waals surface area contributed by atoms with Crippen LogP contribution in [-0.4, -0.2) is 55.0 Å². The van der Waals surface area contributed by atoms with E-state index in [9.17, 15) is 4.79 Å². The van der Waals surface area contributed by atoms with Crippen molar-refractivity contribution in [1.82, 2.24) is 9.88 Å². The molecule has 0 aliphatic carbocycles. The molecule has 0 radical (unpaired) electrons. The number of fused-ring (bicyclic) bond motifs is 1. The normalized spacial score (nSPS) is 11.0. The number of likely N-dealkylation sites (N-methyl/N-ethyl adjacent to an activating group) is 1. The number of amides is 1. The predicted octanol–water partition coefficient (Wildman–Crippen LogP) is 6.17. The zero-order chi connectivity index (χ0) is 20.8. The van der Waals surface area contributed by atoms with Crippen molar-refractivity contribution >= 4 is 80.1 Å². The highest BCUT2D eigenvalue weighted by Crippen LogP contribution is 2.34. The maximum Gasteiger partial charge on any atom is 0.229 e. The zero-order valence-electron chi connectivity index (χ0n) is 17.1. The van der Waals surface area contributed by atoms with E-state index in [1.165, 1.54) is 0 Å². The molecule has 0 bridgehead atoms. The Balaban J connectivity index is 0.00000320. The summed E-state index contributed by atoms with van der Waals surface area (Å²) in [5, 5.41) is 1.51. The van der Waals surface area contributed by atoms with E-state index in [-0.39, 0.29) is 18.3 Å². The van der Waals surface area contributed by atoms with Crippen molar-refractivity contribution in [3.05, 3.63) is 47.5 Å². The lowest BCUT2D eigenvalue weighted by atomic mass is 10.3. The summed E-state index contributed by atoms with van der Waals surface area (Å²) in [5.74, 6) is 0.831. The third-order valence-electron chi connectivity index (χ3n) is 4.29. The van der Waals surface area contributed by atoms with E-state index in [0.29, 0.717) is 13.0 Å². The van der Waals surface area contributed by atoms with Gasteiger partial charge in [-0.2, -0.15) is 0 Å². The van der Waals surface area contributed by atoms with Gasteiger partial charge < -0.3 is 4.90 Å². The van der Waals surface area contributed by atoms with Crippen molar-refractivity contribution in [2.45, 2.75) is 16.2 Å². The summed E-state index contributed by atoms with van der Waals surface area (Å²) in [6, 6.07) is 13.9. The van der Waals surface area contributed by atoms with Crippen molar-refractivity contribution in [3.63, 3.8) is 0 Å². The Morgan fingerprint density at radius 1 is 1.13 bits per heavy atom. The average Bonchev–Trinajstić information content (AvgIpc) is 3.13. The van der Waals surface area contributed by atoms with E-state index in [4.69, 9.17) is 16.6 Å². The zero-order valence-corrected chi connectivity index (χ0v) is 21.2. The standard InChI is InChI=1S/C21H24ClN3OS3.ClH/c1-24(2)12-13-25(19(26)11-14-28-16-9-7-15(22)8-10-16)21-23-20-17(27-3)5-4-6-18(20)29-21;/h4-10H,11-14H2,1-3H3;1H. The highest BCUT2D eigenvalue weighted by molar-refractivity contribution is 7.99. The van der Waals surface area contributed by atoms with Crippen LogP contribution in [0.15, 0.2) is 52.3 Å². The molecule has 0 unspecified atom stereocenters. The molecule has 1 amide bonds. The number of carbonyl (C=O) groups excluding carboxylic acids is 1. The summed E-state index contributed by atoms with van der Waals surface area (Å²) in [7, 11) is 4.03. The SMILES string of the molecule is CSc1cccc2sc(N(CCN(C)C)C(=O)CCSc3ccc(Cl)cc3)nc12.Cl. The number of thioether (sulfide) groups is 2. The Hall–Kier alpha value is -0.960. The second kappa shape index (κ2) is 12.2. The lowest BCUT2D eigenvalue weighted by Crippen LogP contribution is -2.36. The topological polar surface area (TPSA) is 36.4 Å². The first-order valence-electron chi connectivity index (χ1n) is 9.25. The van der Waals surface area contributed by atoms with Gasteiger partial charge in [-0.3, -0.25) is 9.69 Å². The van der Waals surface area contributed by atoms with Gasteiger partial charge in [-0.1, -0.05) is 29.0 Å². The van der Waals surface area contributed by atoms with Crippen molar-refractivity contribution < 1.29 is 4.79 Å². The van der Waals surface area contributed by atoms with Gasteiger partial charge >= 0.3 is 0 Å². The number of carbonyl (C=O) groups is 1. The molecule has 3 rings (SSSR count). The molecule has 0 saturated carbocycles. The summed E-state index contributed by atoms with van der Waals surface area (Å²) in [6.45, 7) is 1.42. The third-order valence-corrected chi connectivity index (χ3v) is 7.37. The molecule has 1 aromatic heterocycles. The van der Waals surface area contributed by atoms with E-state index in [1.54, 1.807) is 34.9 Å². The maximum atomic E-state index is 13.1. The Labute approximate surface area is 201 Å². The second-order valence-corrected chi connectivity index (χ2v) is 10.2. The lowest BCUT2D eigenvalue weighted by Gasteiger charge is -2.22. The highest BCUT2D eigenvalue weighted by atomic mass is 35.5. The number of rotatable bonds is 9. The number of para-hydroxylation sites is 1. The predicted molar refractivity (Wildman–Crippen MR) is 136 cm³/mol. The minimum Gasteiger partial charge on any atom is -0.308 e. The number of benzene rings is 2. The van der Waals surface area contributed by atoms with E-state index in [0.717, 1.165) is 42.5 Å². The van der Waals surface area contributed by atoms with Crippen LogP contribution in [-0.2, 0) is 4.79 Å². The second-order valence-electron chi connectivity index (χ2n) is 6.70. The molecule has 2 aromatic carbocycles. The van der Waals surface area contributed by atoms with Crippen LogP contribution in [0.1, 0.15) is 6.42 Å². The molecular weight excluding hydrogens is 477 g/mol. The number of hydrogen-bond acceptors (Lipinski definition) is 6. The smallest absolute Gasteiger partial charge is 0.229 e. The summed E-state index contributed by atoms with van der Waals surface area (Å²) in [5.41, 5.74) is 0.984. The molecule has 0 atom stereocenters. The lowest BCUT2D eigenvalue weighted by molar-refractivity contribution is -0.118. The number of nitrogens with zero attached hydrogens (tertiary/aromatic N) is 3. The Kier molecular flexibility index (Phi) is 10.3. The van der Waals surface area contributed by atoms with Crippen LogP contribution in [0.4, 0.5) is 5.13 Å². The quantitative estimate of drug-likeness (QED) is 0.327. The molecule has 1 heterocycles. The number of anilines is 1. The van der Waals surface area contributed by atoms with Crippen LogP contribution < -0.4 is 4.90 Å². The van der Waals surface area contributed by atoms with Gasteiger partial charge in [0.1, 0.15) is 0 Å². The monoisotopic (exact) mass is 501 g/mol. The van der Waals surface area contributed by atoms with Crippen LogP contribution in [0, 0.1) is 0 Å². The first-order valence-corrected chi connectivity index (χ1v) is 12.7. The molecule has 162 valence electrons. The van der Waals surface area contributed by atoms with Gasteiger partial charge in [0.2, 0.25) is 5.91 Å². The van der Waals surface area contributed by atoms with E-state index in [2.05, 4.69) is 23.3 Å². The molecule has 9 heteroatoms. The summed E-state index contributed by atoms with van der Waals surface area (Å²) >= 11 is 10.9. The number of aromatic nitrogens is 1. The fourth-order valence-electron chi connectivity index (χ4n) is 2.74. The van der Waals surface area contributed by atoms with E-state index in [1.807, 2.05) is 49.3 Å². The number of thiazole rings is 1. The molecule has 0 spiro atoms. The Morgan fingerprint density at radius 3 is 2.53 bits per heavy atom. The molecule has 0 fully saturated rings. The maximum absolute atomic E-state index is 13.1. The van der Waals surface area contributed by atoms with Crippen LogP contribution in [0.25, 0.3) is 10.2 Å². The first-order chi connectivity index (χ1) is 14.0.